The highest BCUT2D eigenvalue weighted by atomic mass is 32.1. The number of fused-ring (bicyclic) bond motifs is 1. The number of rotatable bonds is 5. The molecule has 3 aromatic heterocycles. The molecule has 3 heterocycles. The molecule has 3 aromatic carbocycles. The van der Waals surface area contributed by atoms with Crippen molar-refractivity contribution in [3.05, 3.63) is 84.9 Å². The van der Waals surface area contributed by atoms with E-state index in [0.717, 1.165) is 38.2 Å². The predicted octanol–water partition coefficient (Wildman–Crippen LogP) is 5.59. The molecule has 33 heavy (non-hydrogen) atoms. The highest BCUT2D eigenvalue weighted by Gasteiger charge is 2.17. The van der Waals surface area contributed by atoms with Crippen LogP contribution in [0.2, 0.25) is 0 Å². The van der Waals surface area contributed by atoms with E-state index in [1.165, 1.54) is 22.5 Å². The number of ether oxygens (including phenoxy) is 1. The van der Waals surface area contributed by atoms with Gasteiger partial charge in [0, 0.05) is 11.1 Å². The molecule has 0 spiro atoms. The van der Waals surface area contributed by atoms with Crippen molar-refractivity contribution < 1.29 is 4.74 Å². The van der Waals surface area contributed by atoms with E-state index in [0.29, 0.717) is 5.82 Å². The Labute approximate surface area is 193 Å². The second-order valence-corrected chi connectivity index (χ2v) is 8.42. The summed E-state index contributed by atoms with van der Waals surface area (Å²) < 4.78 is 6.99. The Morgan fingerprint density at radius 2 is 1.48 bits per heavy atom. The second-order valence-electron chi connectivity index (χ2n) is 7.46. The second kappa shape index (κ2) is 7.99. The number of nitrogens with zero attached hydrogens (tertiary/aromatic N) is 5. The van der Waals surface area contributed by atoms with Crippen molar-refractivity contribution in [3.63, 3.8) is 0 Å². The Morgan fingerprint density at radius 1 is 0.788 bits per heavy atom. The first-order valence-corrected chi connectivity index (χ1v) is 11.2. The minimum absolute atomic E-state index is 0.626. The summed E-state index contributed by atoms with van der Waals surface area (Å²) in [6.45, 7) is 0. The third-order valence-corrected chi connectivity index (χ3v) is 6.38. The number of methoxy groups -OCH3 is 1. The molecular weight excluding hydrogens is 432 g/mol. The Hall–Kier alpha value is -4.30. The monoisotopic (exact) mass is 450 g/mol. The predicted molar refractivity (Wildman–Crippen MR) is 129 cm³/mol. The van der Waals surface area contributed by atoms with Crippen molar-refractivity contribution >= 4 is 16.3 Å². The van der Waals surface area contributed by atoms with Crippen molar-refractivity contribution in [2.24, 2.45) is 0 Å². The van der Waals surface area contributed by atoms with Gasteiger partial charge in [-0.1, -0.05) is 65.9 Å². The molecule has 6 rings (SSSR count). The average molecular weight is 451 g/mol. The van der Waals surface area contributed by atoms with Crippen LogP contribution in [0.3, 0.4) is 0 Å². The first kappa shape index (κ1) is 19.4. The quantitative estimate of drug-likeness (QED) is 0.371. The fourth-order valence-corrected chi connectivity index (χ4v) is 4.53. The number of aromatic amines is 1. The molecule has 8 heteroatoms. The van der Waals surface area contributed by atoms with Crippen molar-refractivity contribution in [1.82, 2.24) is 30.0 Å². The fourth-order valence-electron chi connectivity index (χ4n) is 3.68. The van der Waals surface area contributed by atoms with Crippen LogP contribution in [0, 0.1) is 0 Å². The van der Waals surface area contributed by atoms with Gasteiger partial charge in [-0.05, 0) is 41.5 Å². The fraction of sp³-hybridized carbons (Fsp3) is 0.0400. The minimum atomic E-state index is 0.626. The number of aromatic nitrogens is 6. The van der Waals surface area contributed by atoms with Crippen molar-refractivity contribution in [2.75, 3.05) is 7.11 Å². The van der Waals surface area contributed by atoms with Gasteiger partial charge in [0.1, 0.15) is 16.5 Å². The number of hydrogen-bond donors (Lipinski definition) is 1. The first-order chi connectivity index (χ1) is 16.3. The molecule has 0 aliphatic carbocycles. The zero-order chi connectivity index (χ0) is 22.2. The maximum atomic E-state index is 5.23. The minimum Gasteiger partial charge on any atom is -0.497 e. The summed E-state index contributed by atoms with van der Waals surface area (Å²) in [5, 5.41) is 21.8. The normalized spacial score (nSPS) is 11.2. The standard InChI is InChI=1S/C25H18N6OS/c1-32-20-13-11-18(12-14-20)21-15-22(27-26-21)23-28-29-25-31(23)30-24(33-25)19-9-7-17(8-10-19)16-5-3-2-4-6-16/h2-15H,1H3,(H,26,27). The van der Waals surface area contributed by atoms with Crippen LogP contribution < -0.4 is 4.74 Å². The SMILES string of the molecule is COc1ccc(-c2cc(-c3nnc4sc(-c5ccc(-c6ccccc6)cc5)nn34)[nH]n2)cc1. The summed E-state index contributed by atoms with van der Waals surface area (Å²) in [4.78, 5) is 0.729. The number of benzene rings is 3. The molecule has 0 atom stereocenters. The molecule has 0 fully saturated rings. The van der Waals surface area contributed by atoms with Gasteiger partial charge >= 0.3 is 0 Å². The van der Waals surface area contributed by atoms with Crippen molar-refractivity contribution in [3.8, 4) is 50.2 Å². The summed E-state index contributed by atoms with van der Waals surface area (Å²) in [5.41, 5.74) is 5.96. The molecule has 1 N–H and O–H groups in total. The van der Waals surface area contributed by atoms with Crippen LogP contribution in [-0.2, 0) is 0 Å². The zero-order valence-electron chi connectivity index (χ0n) is 17.6. The number of nitrogens with one attached hydrogen (secondary N) is 1. The highest BCUT2D eigenvalue weighted by Crippen LogP contribution is 2.30. The van der Waals surface area contributed by atoms with Crippen molar-refractivity contribution in [1.29, 1.82) is 0 Å². The van der Waals surface area contributed by atoms with Crippen LogP contribution in [0.4, 0.5) is 0 Å². The van der Waals surface area contributed by atoms with Crippen LogP contribution in [0.1, 0.15) is 0 Å². The van der Waals surface area contributed by atoms with Gasteiger partial charge in [-0.15, -0.1) is 10.2 Å². The summed E-state index contributed by atoms with van der Waals surface area (Å²) in [6.07, 6.45) is 0. The average Bonchev–Trinajstić information content (AvgIpc) is 3.61. The smallest absolute Gasteiger partial charge is 0.235 e. The van der Waals surface area contributed by atoms with E-state index in [4.69, 9.17) is 9.84 Å². The molecule has 0 unspecified atom stereocenters. The van der Waals surface area contributed by atoms with E-state index in [2.05, 4.69) is 56.8 Å². The number of hydrogen-bond acceptors (Lipinski definition) is 6. The van der Waals surface area contributed by atoms with Gasteiger partial charge in [0.05, 0.1) is 12.8 Å². The molecule has 0 amide bonds. The highest BCUT2D eigenvalue weighted by molar-refractivity contribution is 7.19. The molecule has 160 valence electrons. The van der Waals surface area contributed by atoms with Crippen LogP contribution in [0.15, 0.2) is 84.9 Å². The Bertz CT molecular complexity index is 1530. The van der Waals surface area contributed by atoms with Crippen LogP contribution >= 0.6 is 11.3 Å². The lowest BCUT2D eigenvalue weighted by Crippen LogP contribution is -1.91. The van der Waals surface area contributed by atoms with E-state index in [1.807, 2.05) is 48.5 Å². The molecule has 7 nitrogen and oxygen atoms in total. The molecule has 0 aliphatic rings. The van der Waals surface area contributed by atoms with Gasteiger partial charge in [0.25, 0.3) is 0 Å². The maximum Gasteiger partial charge on any atom is 0.235 e. The zero-order valence-corrected chi connectivity index (χ0v) is 18.5. The lowest BCUT2D eigenvalue weighted by atomic mass is 10.0. The third-order valence-electron chi connectivity index (χ3n) is 5.43. The molecular formula is C25H18N6OS. The topological polar surface area (TPSA) is 81.0 Å². The molecule has 0 saturated carbocycles. The van der Waals surface area contributed by atoms with E-state index in [9.17, 15) is 0 Å². The Morgan fingerprint density at radius 3 is 2.24 bits per heavy atom. The van der Waals surface area contributed by atoms with Crippen LogP contribution in [0.25, 0.3) is 49.4 Å². The third kappa shape index (κ3) is 3.56. The summed E-state index contributed by atoms with van der Waals surface area (Å²) in [5.74, 6) is 1.43. The van der Waals surface area contributed by atoms with Gasteiger partial charge < -0.3 is 4.74 Å². The number of H-pyrrole nitrogens is 1. The first-order valence-electron chi connectivity index (χ1n) is 10.4. The van der Waals surface area contributed by atoms with E-state index in [-0.39, 0.29) is 0 Å². The van der Waals surface area contributed by atoms with Gasteiger partial charge in [-0.2, -0.15) is 14.7 Å². The largest absolute Gasteiger partial charge is 0.497 e. The Balaban J connectivity index is 1.30. The molecule has 0 saturated heterocycles. The van der Waals surface area contributed by atoms with E-state index < -0.39 is 0 Å². The van der Waals surface area contributed by atoms with Crippen LogP contribution in [-0.4, -0.2) is 37.1 Å². The van der Waals surface area contributed by atoms with Crippen LogP contribution in [0.5, 0.6) is 5.75 Å². The summed E-state index contributed by atoms with van der Waals surface area (Å²) in [6, 6.07) is 28.4. The maximum absolute atomic E-state index is 5.23. The van der Waals surface area contributed by atoms with Gasteiger partial charge in [-0.3, -0.25) is 5.10 Å². The molecule has 0 radical (unpaired) electrons. The lowest BCUT2D eigenvalue weighted by molar-refractivity contribution is 0.415. The molecule has 6 aromatic rings. The molecule has 0 bridgehead atoms. The summed E-state index contributed by atoms with van der Waals surface area (Å²) in [7, 11) is 1.65. The van der Waals surface area contributed by atoms with Gasteiger partial charge in [0.15, 0.2) is 0 Å². The van der Waals surface area contributed by atoms with E-state index >= 15 is 0 Å². The molecule has 0 aliphatic heterocycles. The van der Waals surface area contributed by atoms with E-state index in [1.54, 1.807) is 11.6 Å². The van der Waals surface area contributed by atoms with Gasteiger partial charge in [-0.25, -0.2) is 0 Å². The Kier molecular flexibility index (Phi) is 4.70. The van der Waals surface area contributed by atoms with Gasteiger partial charge in [0.2, 0.25) is 10.8 Å². The van der Waals surface area contributed by atoms with Crippen molar-refractivity contribution in [2.45, 2.75) is 0 Å². The lowest BCUT2D eigenvalue weighted by Gasteiger charge is -2.02. The summed E-state index contributed by atoms with van der Waals surface area (Å²) >= 11 is 1.50.